The number of hydrogen-bond donors (Lipinski definition) is 2. The molecule has 0 spiro atoms. The highest BCUT2D eigenvalue weighted by atomic mass is 16.3. The van der Waals surface area contributed by atoms with Crippen LogP contribution in [0.3, 0.4) is 0 Å². The summed E-state index contributed by atoms with van der Waals surface area (Å²) in [6.45, 7) is 3.53. The van der Waals surface area contributed by atoms with Gasteiger partial charge in [0.05, 0.1) is 12.2 Å². The predicted octanol–water partition coefficient (Wildman–Crippen LogP) is 0.918. The van der Waals surface area contributed by atoms with Crippen LogP contribution in [0.1, 0.15) is 33.1 Å². The van der Waals surface area contributed by atoms with Crippen LogP contribution < -0.4 is 0 Å². The summed E-state index contributed by atoms with van der Waals surface area (Å²) in [6.07, 6.45) is 2.07. The lowest BCUT2D eigenvalue weighted by atomic mass is 10.1. The maximum atomic E-state index is 8.78. The molecule has 2 heteroatoms. The summed E-state index contributed by atoms with van der Waals surface area (Å²) < 4.78 is 0. The summed E-state index contributed by atoms with van der Waals surface area (Å²) in [5, 5.41) is 17.6. The lowest BCUT2D eigenvalue weighted by molar-refractivity contribution is 0.153. The van der Waals surface area contributed by atoms with Gasteiger partial charge in [-0.2, -0.15) is 0 Å². The molecule has 56 valence electrons. The molecule has 0 fully saturated rings. The van der Waals surface area contributed by atoms with E-state index in [1.165, 1.54) is 0 Å². The molecule has 0 rings (SSSR count). The third-order valence-electron chi connectivity index (χ3n) is 1.24. The maximum Gasteiger partial charge on any atom is 0.0512 e. The summed E-state index contributed by atoms with van der Waals surface area (Å²) in [7, 11) is 0. The van der Waals surface area contributed by atoms with Crippen molar-refractivity contribution in [3.05, 3.63) is 0 Å². The van der Waals surface area contributed by atoms with Crippen LogP contribution in [0.25, 0.3) is 0 Å². The van der Waals surface area contributed by atoms with Crippen LogP contribution in [0.2, 0.25) is 0 Å². The van der Waals surface area contributed by atoms with E-state index in [4.69, 9.17) is 10.2 Å². The van der Waals surface area contributed by atoms with E-state index in [1.54, 1.807) is 13.8 Å². The zero-order chi connectivity index (χ0) is 7.28. The lowest BCUT2D eigenvalue weighted by Gasteiger charge is -2.04. The molecule has 0 aromatic heterocycles. The fourth-order valence-electron chi connectivity index (χ4n) is 0.709. The summed E-state index contributed by atoms with van der Waals surface area (Å²) in [5.41, 5.74) is 0. The van der Waals surface area contributed by atoms with Crippen molar-refractivity contribution in [1.82, 2.24) is 0 Å². The number of aliphatic hydroxyl groups excluding tert-OH is 2. The average Bonchev–Trinajstić information content (AvgIpc) is 1.63. The van der Waals surface area contributed by atoms with Crippen LogP contribution in [0, 0.1) is 0 Å². The Morgan fingerprint density at radius 2 is 1.33 bits per heavy atom. The first-order valence-corrected chi connectivity index (χ1v) is 3.49. The molecular formula is C7H16O2. The second kappa shape index (κ2) is 4.77. The second-order valence-electron chi connectivity index (χ2n) is 2.63. The van der Waals surface area contributed by atoms with Gasteiger partial charge in [0, 0.05) is 0 Å². The standard InChI is InChI=1S/C7H16O2/c1-6(8)4-3-5-7(2)9/h6-9H,3-5H2,1-2H3/t6-,7?/m0/s1. The van der Waals surface area contributed by atoms with Gasteiger partial charge in [-0.3, -0.25) is 0 Å². The highest BCUT2D eigenvalue weighted by Crippen LogP contribution is 2.02. The molecule has 0 saturated carbocycles. The van der Waals surface area contributed by atoms with E-state index in [2.05, 4.69) is 0 Å². The Morgan fingerprint density at radius 1 is 1.00 bits per heavy atom. The molecule has 2 nitrogen and oxygen atoms in total. The summed E-state index contributed by atoms with van der Waals surface area (Å²) >= 11 is 0. The minimum atomic E-state index is -0.219. The van der Waals surface area contributed by atoms with Gasteiger partial charge in [0.2, 0.25) is 0 Å². The molecule has 0 aromatic carbocycles. The van der Waals surface area contributed by atoms with Crippen LogP contribution in [-0.4, -0.2) is 22.4 Å². The molecular weight excluding hydrogens is 116 g/mol. The third kappa shape index (κ3) is 7.92. The Bertz CT molecular complexity index is 51.9. The summed E-state index contributed by atoms with van der Waals surface area (Å²) in [4.78, 5) is 0. The normalized spacial score (nSPS) is 17.3. The fraction of sp³-hybridized carbons (Fsp3) is 1.00. The molecule has 0 aliphatic rings. The lowest BCUT2D eigenvalue weighted by Crippen LogP contribution is -2.03. The van der Waals surface area contributed by atoms with Crippen molar-refractivity contribution in [3.8, 4) is 0 Å². The largest absolute Gasteiger partial charge is 0.393 e. The molecule has 0 aliphatic carbocycles. The minimum Gasteiger partial charge on any atom is -0.393 e. The molecule has 0 radical (unpaired) electrons. The second-order valence-corrected chi connectivity index (χ2v) is 2.63. The molecule has 1 unspecified atom stereocenters. The van der Waals surface area contributed by atoms with E-state index in [0.717, 1.165) is 19.3 Å². The van der Waals surface area contributed by atoms with Gasteiger partial charge < -0.3 is 10.2 Å². The van der Waals surface area contributed by atoms with E-state index in [1.807, 2.05) is 0 Å². The van der Waals surface area contributed by atoms with Crippen LogP contribution in [-0.2, 0) is 0 Å². The highest BCUT2D eigenvalue weighted by molar-refractivity contribution is 4.51. The highest BCUT2D eigenvalue weighted by Gasteiger charge is 1.97. The topological polar surface area (TPSA) is 40.5 Å². The van der Waals surface area contributed by atoms with Crippen molar-refractivity contribution >= 4 is 0 Å². The van der Waals surface area contributed by atoms with Crippen LogP contribution in [0.4, 0.5) is 0 Å². The van der Waals surface area contributed by atoms with Crippen molar-refractivity contribution in [2.24, 2.45) is 0 Å². The number of rotatable bonds is 4. The molecule has 2 N–H and O–H groups in total. The summed E-state index contributed by atoms with van der Waals surface area (Å²) in [6, 6.07) is 0. The van der Waals surface area contributed by atoms with Gasteiger partial charge in [-0.05, 0) is 33.1 Å². The van der Waals surface area contributed by atoms with Gasteiger partial charge >= 0.3 is 0 Å². The van der Waals surface area contributed by atoms with Crippen molar-refractivity contribution in [2.75, 3.05) is 0 Å². The van der Waals surface area contributed by atoms with Crippen LogP contribution in [0.5, 0.6) is 0 Å². The molecule has 0 heterocycles. The van der Waals surface area contributed by atoms with Crippen molar-refractivity contribution in [2.45, 2.75) is 45.3 Å². The minimum absolute atomic E-state index is 0.219. The Labute approximate surface area is 56.5 Å². The van der Waals surface area contributed by atoms with E-state index < -0.39 is 0 Å². The monoisotopic (exact) mass is 132 g/mol. The SMILES string of the molecule is CC(O)CCC[C@H](C)O. The van der Waals surface area contributed by atoms with Gasteiger partial charge in [0.1, 0.15) is 0 Å². The van der Waals surface area contributed by atoms with E-state index in [9.17, 15) is 0 Å². The van der Waals surface area contributed by atoms with E-state index in [-0.39, 0.29) is 12.2 Å². The van der Waals surface area contributed by atoms with Gasteiger partial charge in [0.15, 0.2) is 0 Å². The van der Waals surface area contributed by atoms with Crippen LogP contribution in [0.15, 0.2) is 0 Å². The van der Waals surface area contributed by atoms with Gasteiger partial charge in [0.25, 0.3) is 0 Å². The molecule has 2 atom stereocenters. The first-order chi connectivity index (χ1) is 4.13. The zero-order valence-corrected chi connectivity index (χ0v) is 6.17. The molecule has 0 bridgehead atoms. The van der Waals surface area contributed by atoms with E-state index in [0.29, 0.717) is 0 Å². The number of hydrogen-bond acceptors (Lipinski definition) is 2. The Hall–Kier alpha value is -0.0800. The van der Waals surface area contributed by atoms with E-state index >= 15 is 0 Å². The smallest absolute Gasteiger partial charge is 0.0512 e. The van der Waals surface area contributed by atoms with Gasteiger partial charge in [-0.15, -0.1) is 0 Å². The summed E-state index contributed by atoms with van der Waals surface area (Å²) in [5.74, 6) is 0. The van der Waals surface area contributed by atoms with Crippen molar-refractivity contribution < 1.29 is 10.2 Å². The molecule has 0 saturated heterocycles. The Kier molecular flexibility index (Phi) is 4.72. The predicted molar refractivity (Wildman–Crippen MR) is 37.2 cm³/mol. The maximum absolute atomic E-state index is 8.78. The van der Waals surface area contributed by atoms with Gasteiger partial charge in [-0.25, -0.2) is 0 Å². The molecule has 0 aromatic rings. The quantitative estimate of drug-likeness (QED) is 0.597. The first-order valence-electron chi connectivity index (χ1n) is 3.49. The van der Waals surface area contributed by atoms with Crippen LogP contribution >= 0.6 is 0 Å². The molecule has 0 amide bonds. The molecule has 0 aliphatic heterocycles. The first kappa shape index (κ1) is 8.92. The fourth-order valence-corrected chi connectivity index (χ4v) is 0.709. The van der Waals surface area contributed by atoms with Crippen molar-refractivity contribution in [1.29, 1.82) is 0 Å². The Morgan fingerprint density at radius 3 is 1.56 bits per heavy atom. The van der Waals surface area contributed by atoms with Gasteiger partial charge in [-0.1, -0.05) is 0 Å². The third-order valence-corrected chi connectivity index (χ3v) is 1.24. The number of aliphatic hydroxyl groups is 2. The zero-order valence-electron chi connectivity index (χ0n) is 6.17. The Balaban J connectivity index is 2.91. The molecule has 9 heavy (non-hydrogen) atoms. The average molecular weight is 132 g/mol. The van der Waals surface area contributed by atoms with Crippen molar-refractivity contribution in [3.63, 3.8) is 0 Å².